The predicted molar refractivity (Wildman–Crippen MR) is 150 cm³/mol. The molecule has 42 heavy (non-hydrogen) atoms. The number of phenolic OH excluding ortho intramolecular Hbond substituents is 1. The van der Waals surface area contributed by atoms with Crippen molar-refractivity contribution >= 4 is 56.9 Å². The van der Waals surface area contributed by atoms with Gasteiger partial charge in [-0.15, -0.1) is 4.41 Å². The van der Waals surface area contributed by atoms with Crippen LogP contribution < -0.4 is 10.6 Å². The van der Waals surface area contributed by atoms with Gasteiger partial charge < -0.3 is 25.2 Å². The lowest BCUT2D eigenvalue weighted by molar-refractivity contribution is -0.168. The van der Waals surface area contributed by atoms with Crippen LogP contribution in [0.1, 0.15) is 35.2 Å². The number of esters is 1. The van der Waals surface area contributed by atoms with Gasteiger partial charge in [-0.05, 0) is 30.5 Å². The van der Waals surface area contributed by atoms with Crippen molar-refractivity contribution in [3.8, 4) is 5.75 Å². The third kappa shape index (κ3) is 7.69. The lowest BCUT2D eigenvalue weighted by atomic mass is 10.1. The molecule has 2 aliphatic heterocycles. The fraction of sp³-hybridized carbons (Fsp3) is 0.385. The number of aromatic hydroxyl groups is 1. The van der Waals surface area contributed by atoms with Crippen LogP contribution in [0.2, 0.25) is 10.0 Å². The molecule has 16 heteroatoms. The summed E-state index contributed by atoms with van der Waals surface area (Å²) in [6.45, 7) is -0.753. The molecule has 3 amide bonds. The molecule has 2 aromatic rings. The number of ether oxygens (including phenoxy) is 2. The smallest absolute Gasteiger partial charge is 0.310 e. The fourth-order valence-corrected chi connectivity index (χ4v) is 5.93. The second-order valence-electron chi connectivity index (χ2n) is 9.69. The van der Waals surface area contributed by atoms with Gasteiger partial charge in [-0.2, -0.15) is 0 Å². The van der Waals surface area contributed by atoms with Gasteiger partial charge in [0.25, 0.3) is 11.8 Å². The van der Waals surface area contributed by atoms with Crippen LogP contribution in [0.25, 0.3) is 0 Å². The van der Waals surface area contributed by atoms with Crippen molar-refractivity contribution < 1.29 is 42.2 Å². The highest BCUT2D eigenvalue weighted by Crippen LogP contribution is 2.32. The van der Waals surface area contributed by atoms with E-state index in [0.717, 1.165) is 33.4 Å². The van der Waals surface area contributed by atoms with Gasteiger partial charge in [-0.3, -0.25) is 24.2 Å². The summed E-state index contributed by atoms with van der Waals surface area (Å²) < 4.78 is 36.8. The van der Waals surface area contributed by atoms with Gasteiger partial charge in [-0.25, -0.2) is 8.42 Å². The van der Waals surface area contributed by atoms with Crippen LogP contribution in [-0.2, 0) is 40.5 Å². The lowest BCUT2D eigenvalue weighted by Crippen LogP contribution is -2.57. The second-order valence-corrected chi connectivity index (χ2v) is 12.4. The van der Waals surface area contributed by atoms with Crippen molar-refractivity contribution in [2.24, 2.45) is 0 Å². The number of carbonyl (C=O) groups excluding carboxylic acids is 4. The standard InChI is InChI=1S/C26H28Cl2N4O9S/c1-42(38,39)32-9-5-8-19(30-24(36)16-10-17(27)23(35)18(28)11-16)25(37)31(32)13-21(33)29-20-12-22(34)41-26(20)40-14-15-6-3-2-4-7-15/h2-4,6-7,10-11,19-20,26,35H,5,8-9,12-14H2,1H3,(H,29,33)(H,30,36)/t19-,20+,26-/m0/s1. The average molecular weight is 644 g/mol. The number of phenols is 1. The normalized spacial score (nSPS) is 21.5. The molecule has 0 aromatic heterocycles. The summed E-state index contributed by atoms with van der Waals surface area (Å²) in [4.78, 5) is 51.5. The Balaban J connectivity index is 1.47. The van der Waals surface area contributed by atoms with E-state index in [4.69, 9.17) is 32.7 Å². The van der Waals surface area contributed by atoms with Gasteiger partial charge in [0.15, 0.2) is 5.75 Å². The first-order valence-corrected chi connectivity index (χ1v) is 15.4. The molecule has 0 saturated carbocycles. The number of hydrogen-bond acceptors (Lipinski definition) is 9. The molecule has 2 aliphatic rings. The number of carbonyl (C=O) groups is 4. The zero-order chi connectivity index (χ0) is 30.6. The number of sulfonamides is 1. The van der Waals surface area contributed by atoms with Gasteiger partial charge >= 0.3 is 5.97 Å². The molecular weight excluding hydrogens is 615 g/mol. The maximum absolute atomic E-state index is 13.5. The molecule has 0 aliphatic carbocycles. The number of halogens is 2. The summed E-state index contributed by atoms with van der Waals surface area (Å²) in [5.74, 6) is -3.40. The van der Waals surface area contributed by atoms with Crippen molar-refractivity contribution in [2.75, 3.05) is 19.3 Å². The minimum Gasteiger partial charge on any atom is -0.505 e. The van der Waals surface area contributed by atoms with E-state index in [9.17, 15) is 32.7 Å². The number of rotatable bonds is 9. The van der Waals surface area contributed by atoms with Crippen LogP contribution in [0.5, 0.6) is 5.75 Å². The second kappa shape index (κ2) is 13.3. The summed E-state index contributed by atoms with van der Waals surface area (Å²) in [5.41, 5.74) is 0.769. The quantitative estimate of drug-likeness (QED) is 0.343. The Bertz CT molecular complexity index is 1450. The topological polar surface area (TPSA) is 172 Å². The molecule has 2 fully saturated rings. The molecule has 0 spiro atoms. The van der Waals surface area contributed by atoms with E-state index in [2.05, 4.69) is 10.6 Å². The fourth-order valence-electron chi connectivity index (χ4n) is 4.48. The maximum Gasteiger partial charge on any atom is 0.310 e. The first-order valence-electron chi connectivity index (χ1n) is 12.8. The molecule has 2 heterocycles. The molecule has 2 saturated heterocycles. The Labute approximate surface area is 251 Å². The Hall–Kier alpha value is -3.43. The first kappa shape index (κ1) is 31.5. The van der Waals surface area contributed by atoms with Gasteiger partial charge in [0.05, 0.1) is 29.3 Å². The SMILES string of the molecule is CS(=O)(=O)N1CCC[C@H](NC(=O)c2cc(Cl)c(O)c(Cl)c2)C(=O)N1CC(=O)N[C@@H]1CC(=O)O[C@@H]1OCc1ccccc1. The lowest BCUT2D eigenvalue weighted by Gasteiger charge is -2.32. The minimum absolute atomic E-state index is 0.0449. The summed E-state index contributed by atoms with van der Waals surface area (Å²) >= 11 is 11.8. The molecular formula is C26H28Cl2N4O9S. The van der Waals surface area contributed by atoms with Crippen molar-refractivity contribution in [1.82, 2.24) is 20.1 Å². The van der Waals surface area contributed by atoms with E-state index >= 15 is 0 Å². The molecule has 13 nitrogen and oxygen atoms in total. The Morgan fingerprint density at radius 1 is 1.12 bits per heavy atom. The van der Waals surface area contributed by atoms with E-state index in [1.807, 2.05) is 30.3 Å². The van der Waals surface area contributed by atoms with Crippen molar-refractivity contribution in [1.29, 1.82) is 0 Å². The van der Waals surface area contributed by atoms with Crippen LogP contribution in [0.15, 0.2) is 42.5 Å². The van der Waals surface area contributed by atoms with E-state index in [1.54, 1.807) is 0 Å². The highest BCUT2D eigenvalue weighted by atomic mass is 35.5. The highest BCUT2D eigenvalue weighted by molar-refractivity contribution is 7.88. The minimum atomic E-state index is -4.00. The van der Waals surface area contributed by atoms with Crippen molar-refractivity contribution in [2.45, 2.75) is 44.2 Å². The number of benzene rings is 2. The number of amides is 3. The van der Waals surface area contributed by atoms with Gasteiger partial charge in [-0.1, -0.05) is 53.5 Å². The van der Waals surface area contributed by atoms with Gasteiger partial charge in [0.2, 0.25) is 22.2 Å². The summed E-state index contributed by atoms with van der Waals surface area (Å²) in [6, 6.07) is 9.32. The van der Waals surface area contributed by atoms with Crippen LogP contribution in [-0.4, -0.2) is 84.4 Å². The van der Waals surface area contributed by atoms with E-state index < -0.39 is 64.4 Å². The van der Waals surface area contributed by atoms with Crippen LogP contribution in [0.4, 0.5) is 0 Å². The number of hydrogen-bond donors (Lipinski definition) is 3. The Morgan fingerprint density at radius 2 is 1.79 bits per heavy atom. The monoisotopic (exact) mass is 642 g/mol. The molecule has 0 unspecified atom stereocenters. The molecule has 226 valence electrons. The average Bonchev–Trinajstić information content (AvgIpc) is 3.20. The van der Waals surface area contributed by atoms with Crippen molar-refractivity contribution in [3.63, 3.8) is 0 Å². The number of nitrogens with zero attached hydrogens (tertiary/aromatic N) is 2. The largest absolute Gasteiger partial charge is 0.505 e. The molecule has 3 atom stereocenters. The zero-order valence-electron chi connectivity index (χ0n) is 22.3. The van der Waals surface area contributed by atoms with E-state index in [1.165, 1.54) is 0 Å². The van der Waals surface area contributed by atoms with E-state index in [0.29, 0.717) is 0 Å². The van der Waals surface area contributed by atoms with Crippen LogP contribution >= 0.6 is 23.2 Å². The molecule has 4 rings (SSSR count). The molecule has 3 N–H and O–H groups in total. The van der Waals surface area contributed by atoms with Crippen LogP contribution in [0.3, 0.4) is 0 Å². The Kier molecular flexibility index (Phi) is 9.94. The number of nitrogens with one attached hydrogen (secondary N) is 2. The first-order chi connectivity index (χ1) is 19.8. The number of hydrazine groups is 1. The van der Waals surface area contributed by atoms with Gasteiger partial charge in [0.1, 0.15) is 18.6 Å². The van der Waals surface area contributed by atoms with Crippen LogP contribution in [0, 0.1) is 0 Å². The highest BCUT2D eigenvalue weighted by Gasteiger charge is 2.40. The predicted octanol–water partition coefficient (Wildman–Crippen LogP) is 1.57. The zero-order valence-corrected chi connectivity index (χ0v) is 24.6. The van der Waals surface area contributed by atoms with Crippen molar-refractivity contribution in [3.05, 3.63) is 63.6 Å². The summed E-state index contributed by atoms with van der Waals surface area (Å²) in [5, 5.41) is 15.3. The summed E-state index contributed by atoms with van der Waals surface area (Å²) in [7, 11) is -4.00. The Morgan fingerprint density at radius 3 is 2.43 bits per heavy atom. The third-order valence-corrected chi connectivity index (χ3v) is 8.21. The van der Waals surface area contributed by atoms with Gasteiger partial charge in [0, 0.05) is 12.1 Å². The molecule has 0 radical (unpaired) electrons. The summed E-state index contributed by atoms with van der Waals surface area (Å²) in [6.07, 6.45) is -0.149. The number of cyclic esters (lactones) is 1. The maximum atomic E-state index is 13.5. The molecule has 2 aromatic carbocycles. The third-order valence-electron chi connectivity index (χ3n) is 6.49. The molecule has 0 bridgehead atoms. The van der Waals surface area contributed by atoms with E-state index in [-0.39, 0.29) is 48.0 Å².